The zero-order chi connectivity index (χ0) is 20.8. The second-order valence-electron chi connectivity index (χ2n) is 7.39. The van der Waals surface area contributed by atoms with Gasteiger partial charge < -0.3 is 19.7 Å². The molecule has 0 aliphatic carbocycles. The Bertz CT molecular complexity index is 865. The Balaban J connectivity index is 0.00000320. The van der Waals surface area contributed by atoms with Gasteiger partial charge >= 0.3 is 0 Å². The van der Waals surface area contributed by atoms with E-state index in [1.165, 1.54) is 16.8 Å². The third-order valence-electron chi connectivity index (χ3n) is 5.25. The Morgan fingerprint density at radius 1 is 1.13 bits per heavy atom. The third-order valence-corrected chi connectivity index (χ3v) is 5.25. The third kappa shape index (κ3) is 5.80. The summed E-state index contributed by atoms with van der Waals surface area (Å²) in [6.45, 7) is 10.5. The first-order valence-electron chi connectivity index (χ1n) is 10.3. The van der Waals surface area contributed by atoms with E-state index in [4.69, 9.17) is 14.5 Å². The van der Waals surface area contributed by atoms with Gasteiger partial charge in [0, 0.05) is 38.4 Å². The molecule has 1 aliphatic rings. The van der Waals surface area contributed by atoms with Crippen LogP contribution in [0.2, 0.25) is 0 Å². The highest BCUT2D eigenvalue weighted by Gasteiger charge is 2.21. The van der Waals surface area contributed by atoms with Gasteiger partial charge in [-0.2, -0.15) is 5.10 Å². The van der Waals surface area contributed by atoms with Crippen LogP contribution < -0.4 is 14.8 Å². The molecule has 0 saturated heterocycles. The van der Waals surface area contributed by atoms with E-state index in [1.807, 2.05) is 6.92 Å². The van der Waals surface area contributed by atoms with Crippen molar-refractivity contribution >= 4 is 29.9 Å². The van der Waals surface area contributed by atoms with Gasteiger partial charge in [0.15, 0.2) is 17.5 Å². The lowest BCUT2D eigenvalue weighted by atomic mass is 9.99. The van der Waals surface area contributed by atoms with Crippen molar-refractivity contribution in [3.05, 3.63) is 40.7 Å². The molecule has 7 nitrogen and oxygen atoms in total. The molecule has 2 heterocycles. The van der Waals surface area contributed by atoms with Crippen LogP contribution in [0.5, 0.6) is 11.5 Å². The molecule has 0 saturated carbocycles. The second kappa shape index (κ2) is 11.4. The zero-order valence-corrected chi connectivity index (χ0v) is 21.0. The molecule has 1 aromatic carbocycles. The van der Waals surface area contributed by atoms with E-state index in [-0.39, 0.29) is 24.0 Å². The van der Waals surface area contributed by atoms with Gasteiger partial charge in [-0.3, -0.25) is 9.67 Å². The Labute approximate surface area is 196 Å². The molecule has 166 valence electrons. The molecular weight excluding hydrogens is 493 g/mol. The highest BCUT2D eigenvalue weighted by Crippen LogP contribution is 2.33. The molecule has 0 bridgehead atoms. The van der Waals surface area contributed by atoms with E-state index < -0.39 is 0 Å². The lowest BCUT2D eigenvalue weighted by Gasteiger charge is -2.32. The van der Waals surface area contributed by atoms with Crippen molar-refractivity contribution in [1.82, 2.24) is 20.0 Å². The minimum Gasteiger partial charge on any atom is -0.493 e. The van der Waals surface area contributed by atoms with Crippen molar-refractivity contribution in [3.63, 3.8) is 0 Å². The average Bonchev–Trinajstić information content (AvgIpc) is 3.05. The first-order chi connectivity index (χ1) is 14.0. The summed E-state index contributed by atoms with van der Waals surface area (Å²) >= 11 is 0. The summed E-state index contributed by atoms with van der Waals surface area (Å²) in [5.41, 5.74) is 4.86. The lowest BCUT2D eigenvalue weighted by molar-refractivity contribution is 0.346. The number of ether oxygens (including phenoxy) is 2. The fraction of sp³-hybridized carbons (Fsp3) is 0.545. The topological polar surface area (TPSA) is 63.9 Å². The van der Waals surface area contributed by atoms with E-state index in [2.05, 4.69) is 52.0 Å². The Morgan fingerprint density at radius 3 is 2.43 bits per heavy atom. The first kappa shape index (κ1) is 24.3. The van der Waals surface area contributed by atoms with Gasteiger partial charge in [0.2, 0.25) is 0 Å². The van der Waals surface area contributed by atoms with Crippen LogP contribution in [0, 0.1) is 13.8 Å². The highest BCUT2D eigenvalue weighted by molar-refractivity contribution is 14.0. The van der Waals surface area contributed by atoms with E-state index in [0.717, 1.165) is 68.7 Å². The van der Waals surface area contributed by atoms with Gasteiger partial charge in [0.05, 0.1) is 19.9 Å². The molecule has 3 rings (SSSR count). The fourth-order valence-corrected chi connectivity index (χ4v) is 3.80. The van der Waals surface area contributed by atoms with Gasteiger partial charge in [-0.25, -0.2) is 0 Å². The molecule has 0 radical (unpaired) electrons. The summed E-state index contributed by atoms with van der Waals surface area (Å²) in [4.78, 5) is 7.19. The SMILES string of the molecule is CCNC(=NCCCn1nc(C)cc1C)N1CCc2cc(OC)c(OC)cc2C1.I. The fourth-order valence-electron chi connectivity index (χ4n) is 3.80. The minimum atomic E-state index is 0. The number of methoxy groups -OCH3 is 2. The molecule has 8 heteroatoms. The molecule has 0 unspecified atom stereocenters. The number of rotatable bonds is 7. The molecule has 0 spiro atoms. The van der Waals surface area contributed by atoms with Crippen LogP contribution in [-0.2, 0) is 19.5 Å². The zero-order valence-electron chi connectivity index (χ0n) is 18.7. The van der Waals surface area contributed by atoms with Crippen LogP contribution in [0.3, 0.4) is 0 Å². The van der Waals surface area contributed by atoms with Crippen molar-refractivity contribution in [2.24, 2.45) is 4.99 Å². The number of halogens is 1. The van der Waals surface area contributed by atoms with E-state index in [1.54, 1.807) is 14.2 Å². The van der Waals surface area contributed by atoms with E-state index in [0.29, 0.717) is 0 Å². The van der Waals surface area contributed by atoms with Crippen molar-refractivity contribution < 1.29 is 9.47 Å². The van der Waals surface area contributed by atoms with Crippen molar-refractivity contribution in [1.29, 1.82) is 0 Å². The maximum Gasteiger partial charge on any atom is 0.194 e. The van der Waals surface area contributed by atoms with Gasteiger partial charge in [-0.15, -0.1) is 24.0 Å². The smallest absolute Gasteiger partial charge is 0.194 e. The van der Waals surface area contributed by atoms with Crippen LogP contribution >= 0.6 is 24.0 Å². The van der Waals surface area contributed by atoms with Crippen LogP contribution in [0.15, 0.2) is 23.2 Å². The molecule has 0 fully saturated rings. The van der Waals surface area contributed by atoms with Crippen LogP contribution in [0.4, 0.5) is 0 Å². The summed E-state index contributed by atoms with van der Waals surface area (Å²) < 4.78 is 13.0. The first-order valence-corrected chi connectivity index (χ1v) is 10.3. The quantitative estimate of drug-likeness (QED) is 0.258. The number of hydrogen-bond donors (Lipinski definition) is 1. The van der Waals surface area contributed by atoms with Gasteiger partial charge in [0.25, 0.3) is 0 Å². The van der Waals surface area contributed by atoms with Crippen LogP contribution in [-0.4, -0.2) is 54.5 Å². The largest absolute Gasteiger partial charge is 0.493 e. The molecule has 1 aromatic heterocycles. The predicted molar refractivity (Wildman–Crippen MR) is 131 cm³/mol. The van der Waals surface area contributed by atoms with Crippen molar-refractivity contribution in [2.75, 3.05) is 33.9 Å². The summed E-state index contributed by atoms with van der Waals surface area (Å²) in [5, 5.41) is 7.97. The van der Waals surface area contributed by atoms with E-state index >= 15 is 0 Å². The molecule has 1 N–H and O–H groups in total. The van der Waals surface area contributed by atoms with Crippen LogP contribution in [0.25, 0.3) is 0 Å². The van der Waals surface area contributed by atoms with Gasteiger partial charge in [0.1, 0.15) is 0 Å². The number of benzene rings is 1. The maximum atomic E-state index is 5.48. The molecule has 1 aliphatic heterocycles. The van der Waals surface area contributed by atoms with Gasteiger partial charge in [-0.1, -0.05) is 0 Å². The van der Waals surface area contributed by atoms with E-state index in [9.17, 15) is 0 Å². The van der Waals surface area contributed by atoms with Gasteiger partial charge in [-0.05, 0) is 62.9 Å². The van der Waals surface area contributed by atoms with Crippen molar-refractivity contribution in [3.8, 4) is 11.5 Å². The Kier molecular flexibility index (Phi) is 9.26. The number of guanidine groups is 1. The molecule has 0 atom stereocenters. The summed E-state index contributed by atoms with van der Waals surface area (Å²) in [6, 6.07) is 6.30. The molecule has 0 amide bonds. The van der Waals surface area contributed by atoms with Crippen LogP contribution in [0.1, 0.15) is 35.9 Å². The number of aromatic nitrogens is 2. The summed E-state index contributed by atoms with van der Waals surface area (Å²) in [5.74, 6) is 2.55. The molecule has 30 heavy (non-hydrogen) atoms. The number of aliphatic imine (C=N–C) groups is 1. The van der Waals surface area contributed by atoms with Crippen molar-refractivity contribution in [2.45, 2.75) is 46.7 Å². The second-order valence-corrected chi connectivity index (χ2v) is 7.39. The lowest BCUT2D eigenvalue weighted by Crippen LogP contribution is -2.44. The summed E-state index contributed by atoms with van der Waals surface area (Å²) in [6.07, 6.45) is 1.93. The average molecular weight is 527 g/mol. The number of fused-ring (bicyclic) bond motifs is 1. The summed E-state index contributed by atoms with van der Waals surface area (Å²) in [7, 11) is 3.36. The minimum absolute atomic E-state index is 0. The number of aryl methyl sites for hydroxylation is 3. The monoisotopic (exact) mass is 527 g/mol. The standard InChI is InChI=1S/C22H33N5O2.HI/c1-6-23-22(24-9-7-10-27-17(3)12-16(2)25-27)26-11-8-18-13-20(28-4)21(29-5)14-19(18)15-26;/h12-14H,6-11,15H2,1-5H3,(H,23,24);1H. The number of nitrogens with one attached hydrogen (secondary N) is 1. The molecule has 2 aromatic rings. The predicted octanol–water partition coefficient (Wildman–Crippen LogP) is 3.55. The normalized spacial score (nSPS) is 13.5. The Morgan fingerprint density at radius 2 is 1.83 bits per heavy atom. The highest BCUT2D eigenvalue weighted by atomic mass is 127. The maximum absolute atomic E-state index is 5.48. The number of hydrogen-bond acceptors (Lipinski definition) is 4. The number of nitrogens with zero attached hydrogens (tertiary/aromatic N) is 4. The molecular formula is C22H34IN5O2. The Hall–Kier alpha value is -1.97.